The lowest BCUT2D eigenvalue weighted by Gasteiger charge is -2.20. The topological polar surface area (TPSA) is 79.4 Å². The lowest BCUT2D eigenvalue weighted by atomic mass is 10.3. The number of pyridine rings is 1. The molecular weight excluding hydrogens is 334 g/mol. The number of amides is 1. The molecule has 0 aliphatic rings. The van der Waals surface area contributed by atoms with Gasteiger partial charge in [-0.05, 0) is 35.8 Å². The molecule has 1 atom stereocenters. The second kappa shape index (κ2) is 6.44. The predicted octanol–water partition coefficient (Wildman–Crippen LogP) is 0.989. The van der Waals surface area contributed by atoms with Gasteiger partial charge in [-0.3, -0.25) is 9.78 Å². The molecule has 1 aromatic heterocycles. The Labute approximate surface area is 121 Å². The minimum atomic E-state index is -3.76. The quantitative estimate of drug-likeness (QED) is 0.859. The lowest BCUT2D eigenvalue weighted by molar-refractivity contribution is -0.131. The molecule has 0 saturated heterocycles. The summed E-state index contributed by atoms with van der Waals surface area (Å²) in [7, 11) is -2.14. The number of sulfonamides is 1. The van der Waals surface area contributed by atoms with Crippen molar-refractivity contribution < 1.29 is 13.2 Å². The highest BCUT2D eigenvalue weighted by atomic mass is 79.9. The van der Waals surface area contributed by atoms with E-state index in [2.05, 4.69) is 25.6 Å². The van der Waals surface area contributed by atoms with Crippen molar-refractivity contribution in [1.29, 1.82) is 0 Å². The van der Waals surface area contributed by atoms with Crippen LogP contribution in [0.25, 0.3) is 0 Å². The molecule has 1 aromatic rings. The number of nitrogens with one attached hydrogen (secondary N) is 1. The normalized spacial score (nSPS) is 13.1. The first-order chi connectivity index (χ1) is 8.77. The van der Waals surface area contributed by atoms with Gasteiger partial charge in [0, 0.05) is 30.5 Å². The Bertz CT molecular complexity index is 562. The van der Waals surface area contributed by atoms with E-state index in [-0.39, 0.29) is 10.8 Å². The van der Waals surface area contributed by atoms with Crippen LogP contribution in [-0.2, 0) is 14.8 Å². The molecule has 0 saturated carbocycles. The van der Waals surface area contributed by atoms with Crippen molar-refractivity contribution in [3.63, 3.8) is 0 Å². The molecule has 0 bridgehead atoms. The number of aromatic nitrogens is 1. The standard InChI is InChI=1S/C11H16BrN3O3S/c1-4-15(3)11(16)8(2)14-19(17,18)10-5-9(12)6-13-7-10/h5-8,14H,4H2,1-3H3. The van der Waals surface area contributed by atoms with Gasteiger partial charge in [0.05, 0.1) is 6.04 Å². The summed E-state index contributed by atoms with van der Waals surface area (Å²) in [5.41, 5.74) is 0. The van der Waals surface area contributed by atoms with E-state index in [1.54, 1.807) is 7.05 Å². The van der Waals surface area contributed by atoms with Gasteiger partial charge in [0.1, 0.15) is 4.90 Å². The van der Waals surface area contributed by atoms with Crippen molar-refractivity contribution in [3.05, 3.63) is 22.9 Å². The van der Waals surface area contributed by atoms with Gasteiger partial charge < -0.3 is 4.90 Å². The van der Waals surface area contributed by atoms with Gasteiger partial charge in [-0.25, -0.2) is 8.42 Å². The second-order valence-corrected chi connectivity index (χ2v) is 6.66. The smallest absolute Gasteiger partial charge is 0.242 e. The first-order valence-electron chi connectivity index (χ1n) is 5.65. The van der Waals surface area contributed by atoms with Crippen molar-refractivity contribution in [2.75, 3.05) is 13.6 Å². The molecule has 1 rings (SSSR count). The van der Waals surface area contributed by atoms with Crippen molar-refractivity contribution in [3.8, 4) is 0 Å². The van der Waals surface area contributed by atoms with Gasteiger partial charge in [-0.15, -0.1) is 0 Å². The van der Waals surface area contributed by atoms with Crippen LogP contribution >= 0.6 is 15.9 Å². The number of nitrogens with zero attached hydrogens (tertiary/aromatic N) is 2. The Kier molecular flexibility index (Phi) is 5.45. The summed E-state index contributed by atoms with van der Waals surface area (Å²) in [5.74, 6) is -0.283. The van der Waals surface area contributed by atoms with Gasteiger partial charge in [0.25, 0.3) is 0 Å². The minimum absolute atomic E-state index is 0.0145. The zero-order chi connectivity index (χ0) is 14.6. The van der Waals surface area contributed by atoms with Crippen LogP contribution in [0.5, 0.6) is 0 Å². The van der Waals surface area contributed by atoms with E-state index in [0.29, 0.717) is 11.0 Å². The first kappa shape index (κ1) is 16.1. The molecule has 6 nitrogen and oxygen atoms in total. The lowest BCUT2D eigenvalue weighted by Crippen LogP contribution is -2.45. The van der Waals surface area contributed by atoms with E-state index >= 15 is 0 Å². The predicted molar refractivity (Wildman–Crippen MR) is 75.0 cm³/mol. The summed E-state index contributed by atoms with van der Waals surface area (Å²) in [5, 5.41) is 0. The summed E-state index contributed by atoms with van der Waals surface area (Å²) in [6.45, 7) is 3.85. The maximum absolute atomic E-state index is 12.1. The Morgan fingerprint density at radius 2 is 2.16 bits per heavy atom. The number of likely N-dealkylation sites (N-methyl/N-ethyl adjacent to an activating group) is 1. The van der Waals surface area contributed by atoms with Crippen LogP contribution < -0.4 is 4.72 Å². The van der Waals surface area contributed by atoms with Gasteiger partial charge in [0.2, 0.25) is 15.9 Å². The molecule has 0 aromatic carbocycles. The van der Waals surface area contributed by atoms with Crippen molar-refractivity contribution in [2.45, 2.75) is 24.8 Å². The summed E-state index contributed by atoms with van der Waals surface area (Å²) in [6.07, 6.45) is 2.71. The van der Waals surface area contributed by atoms with Gasteiger partial charge in [0.15, 0.2) is 0 Å². The van der Waals surface area contributed by atoms with Crippen molar-refractivity contribution in [1.82, 2.24) is 14.6 Å². The van der Waals surface area contributed by atoms with Gasteiger partial charge >= 0.3 is 0 Å². The van der Waals surface area contributed by atoms with E-state index in [1.807, 2.05) is 6.92 Å². The average Bonchev–Trinajstić information content (AvgIpc) is 2.36. The number of hydrogen-bond acceptors (Lipinski definition) is 4. The van der Waals surface area contributed by atoms with Crippen LogP contribution in [-0.4, -0.2) is 43.8 Å². The molecular formula is C11H16BrN3O3S. The van der Waals surface area contributed by atoms with E-state index in [0.717, 1.165) is 0 Å². The summed E-state index contributed by atoms with van der Waals surface area (Å²) < 4.78 is 27.0. The molecule has 0 spiro atoms. The van der Waals surface area contributed by atoms with Crippen LogP contribution in [0.4, 0.5) is 0 Å². The molecule has 0 fully saturated rings. The molecule has 8 heteroatoms. The number of carbonyl (C=O) groups is 1. The highest BCUT2D eigenvalue weighted by Gasteiger charge is 2.24. The summed E-state index contributed by atoms with van der Waals surface area (Å²) in [6, 6.07) is 0.602. The van der Waals surface area contributed by atoms with E-state index in [1.165, 1.54) is 30.3 Å². The zero-order valence-corrected chi connectivity index (χ0v) is 13.3. The number of carbonyl (C=O) groups excluding carboxylic acids is 1. The monoisotopic (exact) mass is 349 g/mol. The highest BCUT2D eigenvalue weighted by molar-refractivity contribution is 9.10. The third kappa shape index (κ3) is 4.26. The average molecular weight is 350 g/mol. The molecule has 0 radical (unpaired) electrons. The molecule has 0 aliphatic heterocycles. The largest absolute Gasteiger partial charge is 0.345 e. The maximum Gasteiger partial charge on any atom is 0.242 e. The van der Waals surface area contributed by atoms with Crippen LogP contribution in [0.2, 0.25) is 0 Å². The molecule has 19 heavy (non-hydrogen) atoms. The SMILES string of the molecule is CCN(C)C(=O)C(C)NS(=O)(=O)c1cncc(Br)c1. The Balaban J connectivity index is 2.89. The Morgan fingerprint density at radius 3 is 2.68 bits per heavy atom. The molecule has 0 aliphatic carbocycles. The molecule has 1 N–H and O–H groups in total. The fourth-order valence-corrected chi connectivity index (χ4v) is 3.08. The number of rotatable bonds is 5. The molecule has 1 amide bonds. The van der Waals surface area contributed by atoms with Crippen LogP contribution in [0, 0.1) is 0 Å². The zero-order valence-electron chi connectivity index (χ0n) is 10.9. The fraction of sp³-hybridized carbons (Fsp3) is 0.455. The summed E-state index contributed by atoms with van der Waals surface area (Å²) in [4.78, 5) is 17.1. The van der Waals surface area contributed by atoms with Crippen LogP contribution in [0.3, 0.4) is 0 Å². The molecule has 1 unspecified atom stereocenters. The first-order valence-corrected chi connectivity index (χ1v) is 7.93. The van der Waals surface area contributed by atoms with Gasteiger partial charge in [-0.1, -0.05) is 0 Å². The fourth-order valence-electron chi connectivity index (χ4n) is 1.38. The number of halogens is 1. The van der Waals surface area contributed by atoms with E-state index < -0.39 is 16.1 Å². The van der Waals surface area contributed by atoms with E-state index in [9.17, 15) is 13.2 Å². The summed E-state index contributed by atoms with van der Waals surface area (Å²) >= 11 is 3.15. The third-order valence-corrected chi connectivity index (χ3v) is 4.48. The Morgan fingerprint density at radius 1 is 1.53 bits per heavy atom. The number of hydrogen-bond donors (Lipinski definition) is 1. The van der Waals surface area contributed by atoms with Crippen molar-refractivity contribution in [2.24, 2.45) is 0 Å². The van der Waals surface area contributed by atoms with Crippen molar-refractivity contribution >= 4 is 31.9 Å². The van der Waals surface area contributed by atoms with Gasteiger partial charge in [-0.2, -0.15) is 4.72 Å². The van der Waals surface area contributed by atoms with E-state index in [4.69, 9.17) is 0 Å². The molecule has 1 heterocycles. The second-order valence-electron chi connectivity index (χ2n) is 4.03. The highest BCUT2D eigenvalue weighted by Crippen LogP contribution is 2.14. The molecule has 106 valence electrons. The minimum Gasteiger partial charge on any atom is -0.345 e. The third-order valence-electron chi connectivity index (χ3n) is 2.54. The van der Waals surface area contributed by atoms with Crippen LogP contribution in [0.15, 0.2) is 27.8 Å². The Hall–Kier alpha value is -0.990. The van der Waals surface area contributed by atoms with Crippen LogP contribution in [0.1, 0.15) is 13.8 Å². The maximum atomic E-state index is 12.1.